The van der Waals surface area contributed by atoms with Crippen LogP contribution in [0.4, 0.5) is 0 Å². The number of aryl methyl sites for hydroxylation is 1. The molecule has 1 atom stereocenters. The van der Waals surface area contributed by atoms with Crippen molar-refractivity contribution in [2.24, 2.45) is 5.92 Å². The first-order chi connectivity index (χ1) is 16.0. The Morgan fingerprint density at radius 1 is 1.09 bits per heavy atom. The highest BCUT2D eigenvalue weighted by Crippen LogP contribution is 2.31. The average Bonchev–Trinajstić information content (AvgIpc) is 3.37. The Balaban J connectivity index is 1.84. The number of hydrogen-bond donors (Lipinski definition) is 0. The normalized spacial score (nSPS) is 15.1. The van der Waals surface area contributed by atoms with Gasteiger partial charge in [0, 0.05) is 12.5 Å². The Kier molecular flexibility index (Phi) is 7.26. The minimum atomic E-state index is -0.298. The van der Waals surface area contributed by atoms with E-state index in [0.717, 1.165) is 56.2 Å². The maximum absolute atomic E-state index is 13.7. The molecule has 0 radical (unpaired) electrons. The number of rotatable bonds is 8. The number of aromatic nitrogens is 2. The highest BCUT2D eigenvalue weighted by atomic mass is 16.2. The Morgan fingerprint density at radius 3 is 2.48 bits per heavy atom. The molecular formula is C28H35N3O2. The van der Waals surface area contributed by atoms with Crippen molar-refractivity contribution in [1.29, 1.82) is 0 Å². The summed E-state index contributed by atoms with van der Waals surface area (Å²) in [6, 6.07) is 15.1. The topological polar surface area (TPSA) is 55.2 Å². The third kappa shape index (κ3) is 4.87. The van der Waals surface area contributed by atoms with Crippen molar-refractivity contribution in [3.8, 4) is 5.69 Å². The van der Waals surface area contributed by atoms with Gasteiger partial charge in [-0.2, -0.15) is 0 Å². The van der Waals surface area contributed by atoms with Crippen molar-refractivity contribution in [2.45, 2.75) is 71.8 Å². The van der Waals surface area contributed by atoms with Crippen molar-refractivity contribution in [2.75, 3.05) is 6.54 Å². The predicted molar refractivity (Wildman–Crippen MR) is 134 cm³/mol. The molecule has 1 saturated carbocycles. The van der Waals surface area contributed by atoms with Crippen LogP contribution in [0.25, 0.3) is 16.6 Å². The number of nitrogens with zero attached hydrogens (tertiary/aromatic N) is 3. The van der Waals surface area contributed by atoms with Crippen molar-refractivity contribution >= 4 is 16.8 Å². The second-order valence-corrected chi connectivity index (χ2v) is 9.36. The average molecular weight is 446 g/mol. The molecular weight excluding hydrogens is 410 g/mol. The third-order valence-electron chi connectivity index (χ3n) is 6.93. The Bertz CT molecular complexity index is 1160. The molecule has 5 nitrogen and oxygen atoms in total. The highest BCUT2D eigenvalue weighted by Gasteiger charge is 2.32. The lowest BCUT2D eigenvalue weighted by molar-refractivity contribution is -0.137. The quantitative estimate of drug-likeness (QED) is 0.402. The molecule has 1 fully saturated rings. The van der Waals surface area contributed by atoms with Crippen LogP contribution in [0.5, 0.6) is 0 Å². The molecule has 1 unspecified atom stereocenters. The largest absolute Gasteiger partial charge is 0.333 e. The van der Waals surface area contributed by atoms with Crippen LogP contribution in [0.2, 0.25) is 0 Å². The molecule has 1 aromatic heterocycles. The van der Waals surface area contributed by atoms with Gasteiger partial charge in [0.1, 0.15) is 5.82 Å². The van der Waals surface area contributed by atoms with Crippen molar-refractivity contribution in [3.05, 3.63) is 70.3 Å². The van der Waals surface area contributed by atoms with E-state index in [1.165, 1.54) is 0 Å². The smallest absolute Gasteiger partial charge is 0.266 e. The molecule has 0 aliphatic heterocycles. The molecule has 0 saturated heterocycles. The lowest BCUT2D eigenvalue weighted by atomic mass is 10.0. The van der Waals surface area contributed by atoms with Gasteiger partial charge in [-0.3, -0.25) is 14.2 Å². The Hall–Kier alpha value is -2.95. The summed E-state index contributed by atoms with van der Waals surface area (Å²) in [5, 5.41) is 0.591. The van der Waals surface area contributed by atoms with E-state index in [1.807, 2.05) is 67.3 Å². The third-order valence-corrected chi connectivity index (χ3v) is 6.93. The first-order valence-corrected chi connectivity index (χ1v) is 12.4. The fourth-order valence-corrected chi connectivity index (χ4v) is 4.95. The SMILES string of the molecule is CCCCCN(C(=O)C1CCCC1)C(C)c1nc2ccccc2c(=O)n1-c1ccc(C)cc1. The van der Waals surface area contributed by atoms with E-state index in [9.17, 15) is 9.59 Å². The molecule has 0 bridgehead atoms. The van der Waals surface area contributed by atoms with Gasteiger partial charge < -0.3 is 4.90 Å². The van der Waals surface area contributed by atoms with Crippen LogP contribution in [0.15, 0.2) is 53.3 Å². The van der Waals surface area contributed by atoms with Crippen LogP contribution >= 0.6 is 0 Å². The highest BCUT2D eigenvalue weighted by molar-refractivity contribution is 5.80. The minimum Gasteiger partial charge on any atom is -0.333 e. The second kappa shape index (κ2) is 10.3. The molecule has 0 spiro atoms. The van der Waals surface area contributed by atoms with Crippen LogP contribution in [0.3, 0.4) is 0 Å². The Labute approximate surface area is 196 Å². The fraction of sp³-hybridized carbons (Fsp3) is 0.464. The molecule has 4 rings (SSSR count). The molecule has 0 N–H and O–H groups in total. The van der Waals surface area contributed by atoms with E-state index < -0.39 is 0 Å². The van der Waals surface area contributed by atoms with E-state index in [4.69, 9.17) is 4.98 Å². The Morgan fingerprint density at radius 2 is 1.79 bits per heavy atom. The molecule has 1 heterocycles. The maximum atomic E-state index is 13.7. The van der Waals surface area contributed by atoms with Crippen molar-refractivity contribution < 1.29 is 4.79 Å². The number of carbonyl (C=O) groups is 1. The molecule has 174 valence electrons. The van der Waals surface area contributed by atoms with Crippen molar-refractivity contribution in [1.82, 2.24) is 14.5 Å². The molecule has 1 amide bonds. The zero-order chi connectivity index (χ0) is 23.4. The standard InChI is InChI=1S/C28H35N3O2/c1-4-5-10-19-30(27(32)22-11-6-7-12-22)21(3)26-29-25-14-9-8-13-24(25)28(33)31(26)23-17-15-20(2)16-18-23/h8-9,13-18,21-22H,4-7,10-12,19H2,1-3H3. The van der Waals surface area contributed by atoms with E-state index in [0.29, 0.717) is 23.3 Å². The van der Waals surface area contributed by atoms with E-state index in [-0.39, 0.29) is 23.4 Å². The molecule has 2 aromatic carbocycles. The first kappa shape index (κ1) is 23.2. The van der Waals surface area contributed by atoms with Crippen LogP contribution in [0, 0.1) is 12.8 Å². The zero-order valence-electron chi connectivity index (χ0n) is 20.1. The van der Waals surface area contributed by atoms with Gasteiger partial charge in [0.2, 0.25) is 5.91 Å². The van der Waals surface area contributed by atoms with Gasteiger partial charge >= 0.3 is 0 Å². The number of unbranched alkanes of at least 4 members (excludes halogenated alkanes) is 2. The maximum Gasteiger partial charge on any atom is 0.266 e. The predicted octanol–water partition coefficient (Wildman–Crippen LogP) is 5.96. The van der Waals surface area contributed by atoms with E-state index in [2.05, 4.69) is 6.92 Å². The first-order valence-electron chi connectivity index (χ1n) is 12.4. The zero-order valence-corrected chi connectivity index (χ0v) is 20.1. The summed E-state index contributed by atoms with van der Waals surface area (Å²) < 4.78 is 1.71. The van der Waals surface area contributed by atoms with Gasteiger partial charge in [0.25, 0.3) is 5.56 Å². The van der Waals surface area contributed by atoms with Gasteiger partial charge in [0.05, 0.1) is 22.6 Å². The minimum absolute atomic E-state index is 0.0897. The van der Waals surface area contributed by atoms with Gasteiger partial charge in [0.15, 0.2) is 0 Å². The number of fused-ring (bicyclic) bond motifs is 1. The van der Waals surface area contributed by atoms with Crippen LogP contribution in [-0.4, -0.2) is 26.9 Å². The number of benzene rings is 2. The number of hydrogen-bond acceptors (Lipinski definition) is 3. The molecule has 33 heavy (non-hydrogen) atoms. The number of amides is 1. The van der Waals surface area contributed by atoms with Crippen molar-refractivity contribution in [3.63, 3.8) is 0 Å². The van der Waals surface area contributed by atoms with Crippen LogP contribution in [0.1, 0.15) is 76.2 Å². The summed E-state index contributed by atoms with van der Waals surface area (Å²) in [4.78, 5) is 34.2. The van der Waals surface area contributed by atoms with Gasteiger partial charge in [-0.05, 0) is 57.4 Å². The molecule has 3 aromatic rings. The molecule has 1 aliphatic carbocycles. The van der Waals surface area contributed by atoms with Gasteiger partial charge in [-0.25, -0.2) is 4.98 Å². The summed E-state index contributed by atoms with van der Waals surface area (Å²) in [5.41, 5.74) is 2.50. The molecule has 1 aliphatic rings. The summed E-state index contributed by atoms with van der Waals surface area (Å²) in [7, 11) is 0. The molecule has 5 heteroatoms. The second-order valence-electron chi connectivity index (χ2n) is 9.36. The summed E-state index contributed by atoms with van der Waals surface area (Å²) in [6.07, 6.45) is 7.31. The van der Waals surface area contributed by atoms with Gasteiger partial charge in [-0.15, -0.1) is 0 Å². The fourth-order valence-electron chi connectivity index (χ4n) is 4.95. The number of para-hydroxylation sites is 1. The summed E-state index contributed by atoms with van der Waals surface area (Å²) in [6.45, 7) is 6.93. The lowest BCUT2D eigenvalue weighted by Gasteiger charge is -2.32. The van der Waals surface area contributed by atoms with E-state index >= 15 is 0 Å². The van der Waals surface area contributed by atoms with E-state index in [1.54, 1.807) is 4.57 Å². The van der Waals surface area contributed by atoms with Crippen LogP contribution < -0.4 is 5.56 Å². The summed E-state index contributed by atoms with van der Waals surface area (Å²) in [5.74, 6) is 0.938. The monoisotopic (exact) mass is 445 g/mol. The summed E-state index contributed by atoms with van der Waals surface area (Å²) >= 11 is 0. The lowest BCUT2D eigenvalue weighted by Crippen LogP contribution is -2.40. The van der Waals surface area contributed by atoms with Gasteiger partial charge in [-0.1, -0.05) is 62.4 Å². The number of carbonyl (C=O) groups excluding carboxylic acids is 1. The van der Waals surface area contributed by atoms with Crippen LogP contribution in [-0.2, 0) is 4.79 Å².